The Kier molecular flexibility index (Phi) is 5.14. The molecule has 0 atom stereocenters. The smallest absolute Gasteiger partial charge is 0.332 e. The molecule has 74 valence electrons. The minimum absolute atomic E-state index is 0.0758. The summed E-state index contributed by atoms with van der Waals surface area (Å²) in [6.07, 6.45) is 0.264. The summed E-state index contributed by atoms with van der Waals surface area (Å²) in [6.45, 7) is 1.60. The number of aliphatic carboxylic acids is 2. The summed E-state index contributed by atoms with van der Waals surface area (Å²) >= 11 is 5.36. The summed E-state index contributed by atoms with van der Waals surface area (Å²) in [7, 11) is 0. The van der Waals surface area contributed by atoms with Gasteiger partial charge in [0.05, 0.1) is 0 Å². The highest BCUT2D eigenvalue weighted by atomic mass is 35.5. The monoisotopic (exact) mass is 206 g/mol. The van der Waals surface area contributed by atoms with Gasteiger partial charge in [-0.05, 0) is 12.8 Å². The maximum Gasteiger partial charge on any atom is 0.332 e. The molecule has 0 heterocycles. The van der Waals surface area contributed by atoms with Gasteiger partial charge in [-0.3, -0.25) is 0 Å². The number of carboxylic acid groups (broad SMARTS) is 2. The van der Waals surface area contributed by atoms with Crippen LogP contribution in [0.2, 0.25) is 0 Å². The molecule has 0 saturated heterocycles. The third-order valence-corrected chi connectivity index (χ3v) is 1.77. The first kappa shape index (κ1) is 12.0. The van der Waals surface area contributed by atoms with Gasteiger partial charge in [-0.15, -0.1) is 11.6 Å². The van der Waals surface area contributed by atoms with Gasteiger partial charge in [-0.25, -0.2) is 9.59 Å². The van der Waals surface area contributed by atoms with Gasteiger partial charge in [0.25, 0.3) is 0 Å². The Labute approximate surface area is 80.8 Å². The topological polar surface area (TPSA) is 74.6 Å². The molecule has 0 saturated carbocycles. The summed E-state index contributed by atoms with van der Waals surface area (Å²) in [5.41, 5.74) is -0.182. The molecule has 0 spiro atoms. The molecule has 2 N–H and O–H groups in total. The van der Waals surface area contributed by atoms with Crippen molar-refractivity contribution in [2.75, 3.05) is 5.88 Å². The molecule has 0 fully saturated rings. The molecule has 0 aromatic carbocycles. The fourth-order valence-corrected chi connectivity index (χ4v) is 1.16. The Bertz CT molecular complexity index is 245. The molecule has 0 radical (unpaired) electrons. The Balaban J connectivity index is 5.00. The van der Waals surface area contributed by atoms with Crippen LogP contribution in [0.25, 0.3) is 0 Å². The molecule has 5 heteroatoms. The van der Waals surface area contributed by atoms with Crippen LogP contribution >= 0.6 is 11.6 Å². The summed E-state index contributed by atoms with van der Waals surface area (Å²) in [5.74, 6) is -2.29. The molecule has 0 aromatic rings. The summed E-state index contributed by atoms with van der Waals surface area (Å²) < 4.78 is 0. The molecule has 0 aromatic heterocycles. The number of halogens is 1. The second-order valence-electron chi connectivity index (χ2n) is 2.36. The van der Waals surface area contributed by atoms with E-state index in [0.717, 1.165) is 0 Å². The van der Waals surface area contributed by atoms with E-state index in [1.54, 1.807) is 6.92 Å². The molecule has 4 nitrogen and oxygen atoms in total. The van der Waals surface area contributed by atoms with Crippen molar-refractivity contribution in [2.24, 2.45) is 0 Å². The largest absolute Gasteiger partial charge is 0.478 e. The molecular weight excluding hydrogens is 196 g/mol. The Morgan fingerprint density at radius 1 is 1.15 bits per heavy atom. The van der Waals surface area contributed by atoms with Gasteiger partial charge in [0.15, 0.2) is 0 Å². The first-order valence-electron chi connectivity index (χ1n) is 3.79. The standard InChI is InChI=1S/C8H11ClO4/c1-2-5(7(10)11)6(3-4-9)8(12)13/h2-4H2,1H3,(H,10,11)(H,12,13). The highest BCUT2D eigenvalue weighted by Gasteiger charge is 2.17. The number of hydrogen-bond donors (Lipinski definition) is 2. The third kappa shape index (κ3) is 3.46. The van der Waals surface area contributed by atoms with Gasteiger partial charge >= 0.3 is 11.9 Å². The average molecular weight is 207 g/mol. The predicted molar refractivity (Wildman–Crippen MR) is 47.9 cm³/mol. The molecule has 13 heavy (non-hydrogen) atoms. The quantitative estimate of drug-likeness (QED) is 0.528. The van der Waals surface area contributed by atoms with Crippen molar-refractivity contribution in [3.05, 3.63) is 11.1 Å². The van der Waals surface area contributed by atoms with Crippen LogP contribution in [0.15, 0.2) is 11.1 Å². The Hall–Kier alpha value is -1.03. The van der Waals surface area contributed by atoms with E-state index in [1.165, 1.54) is 0 Å². The number of carbonyl (C=O) groups is 2. The zero-order valence-corrected chi connectivity index (χ0v) is 7.97. The molecule has 0 rings (SSSR count). The highest BCUT2D eigenvalue weighted by Crippen LogP contribution is 2.13. The van der Waals surface area contributed by atoms with E-state index >= 15 is 0 Å². The van der Waals surface area contributed by atoms with Crippen LogP contribution < -0.4 is 0 Å². The van der Waals surface area contributed by atoms with E-state index in [1.807, 2.05) is 0 Å². The van der Waals surface area contributed by atoms with Gasteiger partial charge in [0.1, 0.15) is 0 Å². The third-order valence-electron chi connectivity index (χ3n) is 1.58. The van der Waals surface area contributed by atoms with Crippen molar-refractivity contribution < 1.29 is 19.8 Å². The van der Waals surface area contributed by atoms with Gasteiger partial charge in [-0.2, -0.15) is 0 Å². The lowest BCUT2D eigenvalue weighted by molar-refractivity contribution is -0.136. The van der Waals surface area contributed by atoms with Crippen molar-refractivity contribution in [1.29, 1.82) is 0 Å². The van der Waals surface area contributed by atoms with Crippen molar-refractivity contribution in [2.45, 2.75) is 19.8 Å². The SMILES string of the molecule is CCC(C(=O)O)=C(CCCl)C(=O)O. The Morgan fingerprint density at radius 2 is 1.62 bits per heavy atom. The van der Waals surface area contributed by atoms with Crippen LogP contribution in [0, 0.1) is 0 Å². The van der Waals surface area contributed by atoms with E-state index < -0.39 is 11.9 Å². The van der Waals surface area contributed by atoms with E-state index in [0.29, 0.717) is 0 Å². The maximum absolute atomic E-state index is 10.6. The molecule has 0 aliphatic carbocycles. The first-order chi connectivity index (χ1) is 6.04. The zero-order valence-electron chi connectivity index (χ0n) is 7.21. The van der Waals surface area contributed by atoms with Crippen LogP contribution in [-0.2, 0) is 9.59 Å². The number of carboxylic acids is 2. The molecular formula is C8H11ClO4. The second-order valence-corrected chi connectivity index (χ2v) is 2.74. The lowest BCUT2D eigenvalue weighted by Crippen LogP contribution is -2.11. The molecule has 0 unspecified atom stereocenters. The van der Waals surface area contributed by atoms with E-state index in [4.69, 9.17) is 21.8 Å². The van der Waals surface area contributed by atoms with E-state index in [2.05, 4.69) is 0 Å². The van der Waals surface area contributed by atoms with E-state index in [9.17, 15) is 9.59 Å². The maximum atomic E-state index is 10.6. The molecule has 0 amide bonds. The van der Waals surface area contributed by atoms with Gasteiger partial charge in [-0.1, -0.05) is 6.92 Å². The van der Waals surface area contributed by atoms with Crippen LogP contribution in [0.1, 0.15) is 19.8 Å². The highest BCUT2D eigenvalue weighted by molar-refractivity contribution is 6.18. The number of alkyl halides is 1. The fraction of sp³-hybridized carbons (Fsp3) is 0.500. The van der Waals surface area contributed by atoms with E-state index in [-0.39, 0.29) is 29.9 Å². The van der Waals surface area contributed by atoms with Gasteiger partial charge in [0.2, 0.25) is 0 Å². The van der Waals surface area contributed by atoms with Crippen LogP contribution in [-0.4, -0.2) is 28.0 Å². The summed E-state index contributed by atoms with van der Waals surface area (Å²) in [6, 6.07) is 0. The predicted octanol–water partition coefficient (Wildman–Crippen LogP) is 1.49. The van der Waals surface area contributed by atoms with Gasteiger partial charge < -0.3 is 10.2 Å². The van der Waals surface area contributed by atoms with Crippen molar-refractivity contribution in [1.82, 2.24) is 0 Å². The number of hydrogen-bond acceptors (Lipinski definition) is 2. The average Bonchev–Trinajstić information content (AvgIpc) is 2.03. The normalized spacial score (nSPS) is 12.2. The van der Waals surface area contributed by atoms with Gasteiger partial charge in [0, 0.05) is 17.0 Å². The molecule has 0 bridgehead atoms. The van der Waals surface area contributed by atoms with Crippen LogP contribution in [0.3, 0.4) is 0 Å². The zero-order chi connectivity index (χ0) is 10.4. The Morgan fingerprint density at radius 3 is 1.85 bits per heavy atom. The minimum atomic E-state index is -1.21. The van der Waals surface area contributed by atoms with Crippen molar-refractivity contribution in [3.8, 4) is 0 Å². The van der Waals surface area contributed by atoms with Crippen molar-refractivity contribution >= 4 is 23.5 Å². The van der Waals surface area contributed by atoms with Crippen LogP contribution in [0.5, 0.6) is 0 Å². The summed E-state index contributed by atoms with van der Waals surface area (Å²) in [5, 5.41) is 17.3. The lowest BCUT2D eigenvalue weighted by Gasteiger charge is -2.04. The number of rotatable bonds is 5. The first-order valence-corrected chi connectivity index (χ1v) is 4.32. The fourth-order valence-electron chi connectivity index (χ4n) is 0.975. The molecule has 0 aliphatic heterocycles. The minimum Gasteiger partial charge on any atom is -0.478 e. The second kappa shape index (κ2) is 5.59. The lowest BCUT2D eigenvalue weighted by atomic mass is 10.0. The summed E-state index contributed by atoms with van der Waals surface area (Å²) in [4.78, 5) is 21.2. The molecule has 0 aliphatic rings. The van der Waals surface area contributed by atoms with Crippen LogP contribution in [0.4, 0.5) is 0 Å². The van der Waals surface area contributed by atoms with Crippen molar-refractivity contribution in [3.63, 3.8) is 0 Å².